The van der Waals surface area contributed by atoms with Crippen molar-refractivity contribution in [2.75, 3.05) is 29.2 Å². The molecule has 0 atom stereocenters. The van der Waals surface area contributed by atoms with Crippen molar-refractivity contribution in [2.24, 2.45) is 0 Å². The summed E-state index contributed by atoms with van der Waals surface area (Å²) in [5.74, 6) is 3.30. The van der Waals surface area contributed by atoms with Gasteiger partial charge in [0.05, 0.1) is 12.7 Å². The van der Waals surface area contributed by atoms with Crippen LogP contribution in [-0.4, -0.2) is 41.8 Å². The molecular formula is C22H28N4O2S. The van der Waals surface area contributed by atoms with Gasteiger partial charge >= 0.3 is 0 Å². The Morgan fingerprint density at radius 1 is 1.28 bits per heavy atom. The lowest BCUT2D eigenvalue weighted by Gasteiger charge is -2.24. The Balaban J connectivity index is 1.82. The van der Waals surface area contributed by atoms with Crippen LogP contribution in [0.25, 0.3) is 0 Å². The van der Waals surface area contributed by atoms with Gasteiger partial charge in [-0.15, -0.1) is 0 Å². The Bertz CT molecular complexity index is 862. The van der Waals surface area contributed by atoms with Gasteiger partial charge in [-0.05, 0) is 48.0 Å². The summed E-state index contributed by atoms with van der Waals surface area (Å²) >= 11 is 1.95. The maximum atomic E-state index is 12.9. The van der Waals surface area contributed by atoms with Crippen LogP contribution in [0.5, 0.6) is 5.75 Å². The molecular weight excluding hydrogens is 384 g/mol. The molecule has 154 valence electrons. The van der Waals surface area contributed by atoms with E-state index in [0.29, 0.717) is 40.3 Å². The van der Waals surface area contributed by atoms with Gasteiger partial charge in [0.2, 0.25) is 0 Å². The number of hydrogen-bond donors (Lipinski definition) is 3. The molecule has 1 aliphatic heterocycles. The zero-order valence-corrected chi connectivity index (χ0v) is 17.9. The third-order valence-corrected chi connectivity index (χ3v) is 6.11. The molecule has 1 aliphatic rings. The largest absolute Gasteiger partial charge is 0.495 e. The number of hydrogen-bond acceptors (Lipinski definition) is 6. The van der Waals surface area contributed by atoms with Crippen LogP contribution < -0.4 is 15.4 Å². The van der Waals surface area contributed by atoms with Crippen molar-refractivity contribution in [1.29, 1.82) is 5.41 Å². The molecule has 29 heavy (non-hydrogen) atoms. The molecule has 0 saturated carbocycles. The van der Waals surface area contributed by atoms with Gasteiger partial charge in [0.1, 0.15) is 17.1 Å². The fourth-order valence-electron chi connectivity index (χ4n) is 3.33. The highest BCUT2D eigenvalue weighted by atomic mass is 32.2. The molecule has 1 fully saturated rings. The van der Waals surface area contributed by atoms with Gasteiger partial charge in [-0.3, -0.25) is 4.79 Å². The monoisotopic (exact) mass is 412 g/mol. The molecule has 1 aromatic carbocycles. The number of carbonyl (C=O) groups excluding carboxylic acids is 1. The van der Waals surface area contributed by atoms with E-state index in [1.54, 1.807) is 0 Å². The van der Waals surface area contributed by atoms with Crippen LogP contribution in [0.1, 0.15) is 54.1 Å². The second kappa shape index (κ2) is 9.78. The van der Waals surface area contributed by atoms with Crippen LogP contribution in [0.4, 0.5) is 11.5 Å². The predicted molar refractivity (Wildman–Crippen MR) is 121 cm³/mol. The number of aromatic nitrogens is 1. The molecule has 0 radical (unpaired) electrons. The van der Waals surface area contributed by atoms with Crippen LogP contribution >= 0.6 is 11.8 Å². The van der Waals surface area contributed by atoms with E-state index in [2.05, 4.69) is 29.5 Å². The molecule has 7 heteroatoms. The average Bonchev–Trinajstić information content (AvgIpc) is 2.74. The number of carbonyl (C=O) groups is 1. The number of anilines is 2. The molecule has 0 spiro atoms. The Kier molecular flexibility index (Phi) is 7.14. The fraction of sp³-hybridized carbons (Fsp3) is 0.409. The summed E-state index contributed by atoms with van der Waals surface area (Å²) in [6.45, 7) is 4.26. The third-order valence-electron chi connectivity index (χ3n) is 5.06. The zero-order valence-electron chi connectivity index (χ0n) is 17.1. The van der Waals surface area contributed by atoms with Crippen molar-refractivity contribution in [3.8, 4) is 5.75 Å². The highest BCUT2D eigenvalue weighted by molar-refractivity contribution is 7.99. The van der Waals surface area contributed by atoms with Gasteiger partial charge in [-0.2, -0.15) is 11.8 Å². The van der Waals surface area contributed by atoms with Crippen molar-refractivity contribution >= 4 is 35.4 Å². The fourth-order valence-corrected chi connectivity index (χ4v) is 4.43. The van der Waals surface area contributed by atoms with Gasteiger partial charge in [-0.25, -0.2) is 4.98 Å². The quantitative estimate of drug-likeness (QED) is 0.570. The van der Waals surface area contributed by atoms with E-state index in [1.807, 2.05) is 36.0 Å². The second-order valence-corrected chi connectivity index (χ2v) is 8.60. The smallest absolute Gasteiger partial charge is 0.261 e. The van der Waals surface area contributed by atoms with E-state index < -0.39 is 0 Å². The van der Waals surface area contributed by atoms with Gasteiger partial charge in [0.25, 0.3) is 5.91 Å². The van der Waals surface area contributed by atoms with Gasteiger partial charge < -0.3 is 20.8 Å². The molecule has 6 nitrogen and oxygen atoms in total. The number of amides is 1. The number of thioether (sulfide) groups is 1. The highest BCUT2D eigenvalue weighted by Crippen LogP contribution is 2.30. The normalized spacial score (nSPS) is 14.5. The summed E-state index contributed by atoms with van der Waals surface area (Å²) in [7, 11) is 1.51. The summed E-state index contributed by atoms with van der Waals surface area (Å²) < 4.78 is 5.51. The van der Waals surface area contributed by atoms with E-state index in [4.69, 9.17) is 10.1 Å². The van der Waals surface area contributed by atoms with E-state index in [-0.39, 0.29) is 5.91 Å². The van der Waals surface area contributed by atoms with Crippen molar-refractivity contribution < 1.29 is 9.53 Å². The first kappa shape index (κ1) is 21.2. The summed E-state index contributed by atoms with van der Waals surface area (Å²) in [5.41, 5.74) is 2.72. The first-order valence-electron chi connectivity index (χ1n) is 9.86. The van der Waals surface area contributed by atoms with Crippen LogP contribution in [0.15, 0.2) is 30.5 Å². The lowest BCUT2D eigenvalue weighted by atomic mass is 10.0. The minimum atomic E-state index is -0.310. The Morgan fingerprint density at radius 2 is 1.97 bits per heavy atom. The van der Waals surface area contributed by atoms with E-state index in [9.17, 15) is 4.79 Å². The van der Waals surface area contributed by atoms with E-state index in [1.165, 1.54) is 25.1 Å². The average molecular weight is 413 g/mol. The van der Waals surface area contributed by atoms with E-state index >= 15 is 0 Å². The number of ether oxygens (including phenoxy) is 1. The summed E-state index contributed by atoms with van der Waals surface area (Å²) in [4.78, 5) is 17.3. The van der Waals surface area contributed by atoms with Crippen molar-refractivity contribution in [3.05, 3.63) is 47.2 Å². The maximum absolute atomic E-state index is 12.9. The van der Waals surface area contributed by atoms with Gasteiger partial charge in [0.15, 0.2) is 0 Å². The SMILES string of the molecule is COc1c(C(=O)Nc2ccc(C(C)C)cc2)cnc(NC2CCSCC2)c1C=N. The molecule has 0 bridgehead atoms. The highest BCUT2D eigenvalue weighted by Gasteiger charge is 2.22. The molecule has 3 rings (SSSR count). The molecule has 2 aromatic rings. The molecule has 0 unspecified atom stereocenters. The predicted octanol–water partition coefficient (Wildman–Crippen LogP) is 4.77. The van der Waals surface area contributed by atoms with Crippen molar-refractivity contribution in [3.63, 3.8) is 0 Å². The summed E-state index contributed by atoms with van der Waals surface area (Å²) in [6, 6.07) is 8.12. The van der Waals surface area contributed by atoms with Crippen molar-refractivity contribution in [1.82, 2.24) is 4.98 Å². The molecule has 1 saturated heterocycles. The number of benzene rings is 1. The molecule has 1 aromatic heterocycles. The molecule has 2 heterocycles. The summed E-state index contributed by atoms with van der Waals surface area (Å²) in [6.07, 6.45) is 4.82. The number of nitrogens with one attached hydrogen (secondary N) is 3. The molecule has 0 aliphatic carbocycles. The number of pyridine rings is 1. The van der Waals surface area contributed by atoms with Gasteiger partial charge in [0, 0.05) is 24.1 Å². The maximum Gasteiger partial charge on any atom is 0.261 e. The number of rotatable bonds is 7. The Hall–Kier alpha value is -2.54. The van der Waals surface area contributed by atoms with Crippen LogP contribution in [0, 0.1) is 5.41 Å². The minimum Gasteiger partial charge on any atom is -0.495 e. The lowest BCUT2D eigenvalue weighted by molar-refractivity contribution is 0.102. The van der Waals surface area contributed by atoms with Crippen LogP contribution in [0.3, 0.4) is 0 Å². The number of methoxy groups -OCH3 is 1. The zero-order chi connectivity index (χ0) is 20.8. The summed E-state index contributed by atoms with van der Waals surface area (Å²) in [5, 5.41) is 14.2. The molecule has 3 N–H and O–H groups in total. The first-order chi connectivity index (χ1) is 14.0. The topological polar surface area (TPSA) is 87.1 Å². The third kappa shape index (κ3) is 5.09. The van der Waals surface area contributed by atoms with Crippen LogP contribution in [0.2, 0.25) is 0 Å². The lowest BCUT2D eigenvalue weighted by Crippen LogP contribution is -2.26. The Labute approximate surface area is 176 Å². The van der Waals surface area contributed by atoms with Gasteiger partial charge in [-0.1, -0.05) is 26.0 Å². The standard InChI is InChI=1S/C22H28N4O2S/c1-14(2)15-4-6-16(7-5-15)26-22(27)19-13-24-21(18(12-23)20(19)28-3)25-17-8-10-29-11-9-17/h4-7,12-14,17,23H,8-11H2,1-3H3,(H,24,25)(H,26,27). The van der Waals surface area contributed by atoms with Crippen molar-refractivity contribution in [2.45, 2.75) is 38.6 Å². The second-order valence-electron chi connectivity index (χ2n) is 7.37. The minimum absolute atomic E-state index is 0.309. The first-order valence-corrected chi connectivity index (χ1v) is 11.0. The Morgan fingerprint density at radius 3 is 2.55 bits per heavy atom. The number of nitrogens with zero attached hydrogens (tertiary/aromatic N) is 1. The molecule has 1 amide bonds. The van der Waals surface area contributed by atoms with Crippen LogP contribution in [-0.2, 0) is 0 Å². The van der Waals surface area contributed by atoms with E-state index in [0.717, 1.165) is 24.3 Å².